The van der Waals surface area contributed by atoms with Crippen LogP contribution in [0.5, 0.6) is 0 Å². The minimum absolute atomic E-state index is 0.0358. The van der Waals surface area contributed by atoms with Gasteiger partial charge in [-0.2, -0.15) is 0 Å². The van der Waals surface area contributed by atoms with Gasteiger partial charge in [0.1, 0.15) is 6.04 Å². The predicted octanol–water partition coefficient (Wildman–Crippen LogP) is 4.74. The smallest absolute Gasteiger partial charge is 0.242 e. The summed E-state index contributed by atoms with van der Waals surface area (Å²) in [6.07, 6.45) is 1.38. The number of carbonyl (C=O) groups is 2. The Kier molecular flexibility index (Phi) is 11.3. The van der Waals surface area contributed by atoms with Gasteiger partial charge >= 0.3 is 0 Å². The summed E-state index contributed by atoms with van der Waals surface area (Å²) in [5.41, 5.74) is 0.749. The van der Waals surface area contributed by atoms with Crippen molar-refractivity contribution >= 4 is 39.1 Å². The van der Waals surface area contributed by atoms with E-state index in [1.807, 2.05) is 20.8 Å². The molecule has 204 valence electrons. The summed E-state index contributed by atoms with van der Waals surface area (Å²) in [7, 11) is -3.83. The third-order valence-corrected chi connectivity index (χ3v) is 7.13. The van der Waals surface area contributed by atoms with Gasteiger partial charge in [0.05, 0.1) is 11.9 Å². The van der Waals surface area contributed by atoms with Crippen LogP contribution >= 0.6 is 11.6 Å². The molecule has 0 saturated carbocycles. The highest BCUT2D eigenvalue weighted by Gasteiger charge is 2.29. The molecule has 0 aliphatic heterocycles. The van der Waals surface area contributed by atoms with E-state index in [2.05, 4.69) is 5.32 Å². The van der Waals surface area contributed by atoms with Crippen molar-refractivity contribution in [3.05, 3.63) is 64.7 Å². The topological polar surface area (TPSA) is 86.8 Å². The number of nitrogens with zero attached hydrogens (tertiary/aromatic N) is 2. The van der Waals surface area contributed by atoms with Crippen molar-refractivity contribution in [2.75, 3.05) is 23.7 Å². The summed E-state index contributed by atoms with van der Waals surface area (Å²) in [6, 6.07) is 9.04. The third kappa shape index (κ3) is 9.27. The second-order valence-electron chi connectivity index (χ2n) is 9.25. The summed E-state index contributed by atoms with van der Waals surface area (Å²) in [5.74, 6) is -2.63. The minimum atomic E-state index is -3.83. The molecular weight excluding hydrogens is 524 g/mol. The molecule has 2 aromatic rings. The first kappa shape index (κ1) is 30.5. The van der Waals surface area contributed by atoms with Crippen molar-refractivity contribution in [1.82, 2.24) is 10.2 Å². The molecule has 1 N–H and O–H groups in total. The highest BCUT2D eigenvalue weighted by atomic mass is 35.5. The van der Waals surface area contributed by atoms with Crippen LogP contribution in [0.15, 0.2) is 42.5 Å². The van der Waals surface area contributed by atoms with Gasteiger partial charge in [0.15, 0.2) is 11.6 Å². The maximum atomic E-state index is 13.7. The van der Waals surface area contributed by atoms with E-state index in [9.17, 15) is 26.8 Å². The summed E-state index contributed by atoms with van der Waals surface area (Å²) in [6.45, 7) is 6.27. The fraction of sp³-hybridized carbons (Fsp3) is 0.462. The average molecular weight is 558 g/mol. The molecule has 0 heterocycles. The lowest BCUT2D eigenvalue weighted by atomic mass is 10.1. The van der Waals surface area contributed by atoms with E-state index in [0.717, 1.165) is 28.3 Å². The Bertz CT molecular complexity index is 1180. The molecule has 0 aliphatic carbocycles. The molecule has 0 bridgehead atoms. The molecule has 0 radical (unpaired) electrons. The zero-order valence-electron chi connectivity index (χ0n) is 21.5. The highest BCUT2D eigenvalue weighted by Crippen LogP contribution is 2.22. The molecule has 7 nitrogen and oxygen atoms in total. The number of halogens is 3. The number of rotatable bonds is 13. The van der Waals surface area contributed by atoms with Gasteiger partial charge in [-0.3, -0.25) is 13.9 Å². The van der Waals surface area contributed by atoms with Gasteiger partial charge in [0, 0.05) is 37.1 Å². The minimum Gasteiger partial charge on any atom is -0.354 e. The Morgan fingerprint density at radius 2 is 1.70 bits per heavy atom. The molecule has 0 aromatic heterocycles. The van der Waals surface area contributed by atoms with E-state index >= 15 is 0 Å². The fourth-order valence-corrected chi connectivity index (χ4v) is 4.86. The van der Waals surface area contributed by atoms with Gasteiger partial charge in [-0.15, -0.1) is 0 Å². The van der Waals surface area contributed by atoms with E-state index in [4.69, 9.17) is 11.6 Å². The van der Waals surface area contributed by atoms with Crippen molar-refractivity contribution in [2.45, 2.75) is 52.6 Å². The molecule has 0 saturated heterocycles. The summed E-state index contributed by atoms with van der Waals surface area (Å²) >= 11 is 5.98. The number of carbonyl (C=O) groups excluding carboxylic acids is 2. The number of benzene rings is 2. The average Bonchev–Trinajstić information content (AvgIpc) is 2.82. The monoisotopic (exact) mass is 557 g/mol. The maximum absolute atomic E-state index is 13.7. The van der Waals surface area contributed by atoms with Gasteiger partial charge in [0.2, 0.25) is 21.8 Å². The van der Waals surface area contributed by atoms with Crippen LogP contribution in [0.25, 0.3) is 0 Å². The SMILES string of the molecule is CC[C@H](C(=O)NCC(C)C)N(Cc1ccc(Cl)cc1)C(=O)CCCN(c1ccc(F)c(F)c1)S(C)(=O)=O. The predicted molar refractivity (Wildman–Crippen MR) is 142 cm³/mol. The van der Waals surface area contributed by atoms with Crippen LogP contribution in [0.4, 0.5) is 14.5 Å². The number of nitrogens with one attached hydrogen (secondary N) is 1. The Labute approximate surface area is 222 Å². The summed E-state index contributed by atoms with van der Waals surface area (Å²) in [4.78, 5) is 27.8. The standard InChI is InChI=1S/C26H34ClF2N3O4S/c1-5-24(26(34)30-16-18(2)3)31(17-19-8-10-20(27)11-9-19)25(33)7-6-14-32(37(4,35)36)21-12-13-22(28)23(29)15-21/h8-13,15,18,24H,5-7,14,16-17H2,1-4H3,(H,30,34)/t24-/m1/s1. The van der Waals surface area contributed by atoms with E-state index in [-0.39, 0.29) is 49.4 Å². The van der Waals surface area contributed by atoms with Crippen molar-refractivity contribution in [3.8, 4) is 0 Å². The summed E-state index contributed by atoms with van der Waals surface area (Å²) < 4.78 is 52.7. The van der Waals surface area contributed by atoms with Gasteiger partial charge < -0.3 is 10.2 Å². The molecule has 0 aliphatic rings. The number of anilines is 1. The lowest BCUT2D eigenvalue weighted by Gasteiger charge is -2.31. The molecule has 0 fully saturated rings. The normalized spacial score (nSPS) is 12.3. The highest BCUT2D eigenvalue weighted by molar-refractivity contribution is 7.92. The zero-order chi connectivity index (χ0) is 27.8. The van der Waals surface area contributed by atoms with E-state index < -0.39 is 27.7 Å². The van der Waals surface area contributed by atoms with Gasteiger partial charge in [-0.1, -0.05) is 44.5 Å². The maximum Gasteiger partial charge on any atom is 0.242 e. The van der Waals surface area contributed by atoms with Crippen molar-refractivity contribution in [2.24, 2.45) is 5.92 Å². The van der Waals surface area contributed by atoms with Gasteiger partial charge in [0.25, 0.3) is 0 Å². The number of hydrogen-bond donors (Lipinski definition) is 1. The lowest BCUT2D eigenvalue weighted by molar-refractivity contribution is -0.141. The van der Waals surface area contributed by atoms with Crippen LogP contribution in [0.3, 0.4) is 0 Å². The molecular formula is C26H34ClF2N3O4S. The number of sulfonamides is 1. The zero-order valence-corrected chi connectivity index (χ0v) is 23.1. The quantitative estimate of drug-likeness (QED) is 0.385. The van der Waals surface area contributed by atoms with Gasteiger partial charge in [-0.25, -0.2) is 17.2 Å². The molecule has 2 rings (SSSR count). The largest absolute Gasteiger partial charge is 0.354 e. The molecule has 0 unspecified atom stereocenters. The third-order valence-electron chi connectivity index (χ3n) is 5.68. The second-order valence-corrected chi connectivity index (χ2v) is 11.6. The van der Waals surface area contributed by atoms with Crippen molar-refractivity contribution in [3.63, 3.8) is 0 Å². The molecule has 11 heteroatoms. The van der Waals surface area contributed by atoms with Gasteiger partial charge in [-0.05, 0) is 48.6 Å². The van der Waals surface area contributed by atoms with Crippen LogP contribution in [-0.4, -0.2) is 50.5 Å². The van der Waals surface area contributed by atoms with Crippen LogP contribution in [0, 0.1) is 17.6 Å². The van der Waals surface area contributed by atoms with E-state index in [1.54, 1.807) is 24.3 Å². The Balaban J connectivity index is 2.22. The second kappa shape index (κ2) is 13.7. The molecule has 2 aromatic carbocycles. The number of hydrogen-bond acceptors (Lipinski definition) is 4. The molecule has 1 atom stereocenters. The lowest BCUT2D eigenvalue weighted by Crippen LogP contribution is -2.49. The Morgan fingerprint density at radius 3 is 2.24 bits per heavy atom. The molecule has 0 spiro atoms. The Morgan fingerprint density at radius 1 is 1.05 bits per heavy atom. The van der Waals surface area contributed by atoms with Crippen molar-refractivity contribution < 1.29 is 26.8 Å². The molecule has 2 amide bonds. The van der Waals surface area contributed by atoms with E-state index in [0.29, 0.717) is 18.0 Å². The molecule has 37 heavy (non-hydrogen) atoms. The first-order valence-corrected chi connectivity index (χ1v) is 14.3. The van der Waals surface area contributed by atoms with Crippen LogP contribution in [0.1, 0.15) is 45.6 Å². The number of amides is 2. The van der Waals surface area contributed by atoms with Crippen LogP contribution in [0.2, 0.25) is 5.02 Å². The van der Waals surface area contributed by atoms with Crippen LogP contribution < -0.4 is 9.62 Å². The Hall–Kier alpha value is -2.72. The van der Waals surface area contributed by atoms with Crippen molar-refractivity contribution in [1.29, 1.82) is 0 Å². The first-order valence-electron chi connectivity index (χ1n) is 12.1. The fourth-order valence-electron chi connectivity index (χ4n) is 3.77. The van der Waals surface area contributed by atoms with Crippen LogP contribution in [-0.2, 0) is 26.2 Å². The van der Waals surface area contributed by atoms with E-state index in [1.165, 1.54) is 11.0 Å². The summed E-state index contributed by atoms with van der Waals surface area (Å²) in [5, 5.41) is 3.42. The first-order chi connectivity index (χ1) is 17.3.